The molecule has 0 spiro atoms. The summed E-state index contributed by atoms with van der Waals surface area (Å²) in [5.74, 6) is -0.398. The highest BCUT2D eigenvalue weighted by molar-refractivity contribution is 6.03. The van der Waals surface area contributed by atoms with Gasteiger partial charge in [-0.1, -0.05) is 19.1 Å². The number of carbonyl (C=O) groups excluding carboxylic acids is 2. The Hall–Kier alpha value is -1.84. The van der Waals surface area contributed by atoms with Crippen LogP contribution >= 0.6 is 0 Å². The number of rotatable bonds is 2. The molecule has 1 aliphatic heterocycles. The lowest BCUT2D eigenvalue weighted by molar-refractivity contribution is -0.138. The summed E-state index contributed by atoms with van der Waals surface area (Å²) in [7, 11) is 0. The van der Waals surface area contributed by atoms with Gasteiger partial charge in [-0.15, -0.1) is 0 Å². The van der Waals surface area contributed by atoms with Crippen LogP contribution in [0.2, 0.25) is 0 Å². The number of nitrogen functional groups attached to an aromatic ring is 1. The summed E-state index contributed by atoms with van der Waals surface area (Å²) in [4.78, 5) is 23.3. The maximum absolute atomic E-state index is 12.1. The van der Waals surface area contributed by atoms with Gasteiger partial charge in [0.15, 0.2) is 0 Å². The Morgan fingerprint density at radius 3 is 2.76 bits per heavy atom. The molecule has 1 heterocycles. The van der Waals surface area contributed by atoms with Crippen molar-refractivity contribution in [3.05, 3.63) is 29.8 Å². The number of benzene rings is 1. The Labute approximate surface area is 100 Å². The maximum Gasteiger partial charge on any atom is 0.237 e. The predicted molar refractivity (Wildman–Crippen MR) is 65.2 cm³/mol. The molecule has 0 bridgehead atoms. The van der Waals surface area contributed by atoms with Crippen LogP contribution in [0.3, 0.4) is 0 Å². The molecule has 17 heavy (non-hydrogen) atoms. The summed E-state index contributed by atoms with van der Waals surface area (Å²) in [6, 6.07) is 7.35. The predicted octanol–water partition coefficient (Wildman–Crippen LogP) is 1.35. The lowest BCUT2D eigenvalue weighted by Gasteiger charge is -2.35. The van der Waals surface area contributed by atoms with E-state index < -0.39 is 5.41 Å². The number of nitrogens with two attached hydrogens (primary N) is 1. The second-order valence-electron chi connectivity index (χ2n) is 4.44. The molecule has 1 atom stereocenters. The van der Waals surface area contributed by atoms with Crippen molar-refractivity contribution >= 4 is 17.5 Å². The highest BCUT2D eigenvalue weighted by Crippen LogP contribution is 2.36. The quantitative estimate of drug-likeness (QED) is 0.597. The SMILES string of the molecule is CC[C@@]1(c2cccc(N)c2)CCC(=O)NC1=O. The number of nitrogens with one attached hydrogen (secondary N) is 1. The number of piperidine rings is 1. The maximum atomic E-state index is 12.1. The highest BCUT2D eigenvalue weighted by Gasteiger charge is 2.42. The van der Waals surface area contributed by atoms with Gasteiger partial charge in [0.25, 0.3) is 0 Å². The van der Waals surface area contributed by atoms with Crippen LogP contribution in [0.25, 0.3) is 0 Å². The summed E-state index contributed by atoms with van der Waals surface area (Å²) in [6.07, 6.45) is 1.60. The molecule has 0 saturated carbocycles. The number of hydrogen-bond donors (Lipinski definition) is 2. The fourth-order valence-electron chi connectivity index (χ4n) is 2.40. The number of amides is 2. The number of hydrogen-bond acceptors (Lipinski definition) is 3. The summed E-state index contributed by atoms with van der Waals surface area (Å²) in [5, 5.41) is 2.42. The van der Waals surface area contributed by atoms with Crippen LogP contribution in [0.1, 0.15) is 31.7 Å². The van der Waals surface area contributed by atoms with E-state index in [0.717, 1.165) is 5.56 Å². The molecule has 0 radical (unpaired) electrons. The number of anilines is 1. The third-order valence-electron chi connectivity index (χ3n) is 3.51. The first-order valence-electron chi connectivity index (χ1n) is 5.79. The molecule has 1 fully saturated rings. The Kier molecular flexibility index (Phi) is 2.88. The Bertz CT molecular complexity index is 470. The van der Waals surface area contributed by atoms with E-state index in [4.69, 9.17) is 5.73 Å². The van der Waals surface area contributed by atoms with Gasteiger partial charge in [0.1, 0.15) is 0 Å². The molecule has 90 valence electrons. The Morgan fingerprint density at radius 1 is 1.41 bits per heavy atom. The summed E-state index contributed by atoms with van der Waals surface area (Å²) in [5.41, 5.74) is 6.68. The van der Waals surface area contributed by atoms with Crippen molar-refractivity contribution < 1.29 is 9.59 Å². The van der Waals surface area contributed by atoms with E-state index in [-0.39, 0.29) is 11.8 Å². The van der Waals surface area contributed by atoms with Gasteiger partial charge < -0.3 is 5.73 Å². The van der Waals surface area contributed by atoms with E-state index in [0.29, 0.717) is 24.9 Å². The van der Waals surface area contributed by atoms with Crippen molar-refractivity contribution in [3.63, 3.8) is 0 Å². The van der Waals surface area contributed by atoms with Gasteiger partial charge in [-0.05, 0) is 30.5 Å². The van der Waals surface area contributed by atoms with Crippen LogP contribution in [-0.4, -0.2) is 11.8 Å². The average Bonchev–Trinajstić information content (AvgIpc) is 2.30. The lowest BCUT2D eigenvalue weighted by atomic mass is 9.72. The Morgan fingerprint density at radius 2 is 2.18 bits per heavy atom. The summed E-state index contributed by atoms with van der Waals surface area (Å²) in [6.45, 7) is 1.96. The normalized spacial score (nSPS) is 24.5. The molecule has 0 aliphatic carbocycles. The molecular formula is C13H16N2O2. The molecule has 3 N–H and O–H groups in total. The highest BCUT2D eigenvalue weighted by atomic mass is 16.2. The van der Waals surface area contributed by atoms with Crippen LogP contribution in [0.4, 0.5) is 5.69 Å². The summed E-state index contributed by atoms with van der Waals surface area (Å²) < 4.78 is 0. The van der Waals surface area contributed by atoms with Crippen molar-refractivity contribution in [2.24, 2.45) is 0 Å². The van der Waals surface area contributed by atoms with E-state index in [1.54, 1.807) is 6.07 Å². The first kappa shape index (κ1) is 11.6. The average molecular weight is 232 g/mol. The molecule has 2 rings (SSSR count). The zero-order chi connectivity index (χ0) is 12.5. The molecule has 4 nitrogen and oxygen atoms in total. The molecule has 1 aromatic rings. The van der Waals surface area contributed by atoms with Gasteiger partial charge in [0.2, 0.25) is 11.8 Å². The fourth-order valence-corrected chi connectivity index (χ4v) is 2.40. The number of carbonyl (C=O) groups is 2. The molecule has 0 unspecified atom stereocenters. The van der Waals surface area contributed by atoms with Gasteiger partial charge in [-0.3, -0.25) is 14.9 Å². The minimum absolute atomic E-state index is 0.192. The first-order chi connectivity index (χ1) is 8.08. The van der Waals surface area contributed by atoms with Crippen LogP contribution in [0.5, 0.6) is 0 Å². The van der Waals surface area contributed by atoms with Gasteiger partial charge in [-0.25, -0.2) is 0 Å². The smallest absolute Gasteiger partial charge is 0.237 e. The van der Waals surface area contributed by atoms with Gasteiger partial charge in [-0.2, -0.15) is 0 Å². The molecule has 0 aromatic heterocycles. The molecule has 1 aromatic carbocycles. The van der Waals surface area contributed by atoms with Crippen LogP contribution in [0, 0.1) is 0 Å². The second kappa shape index (κ2) is 4.20. The van der Waals surface area contributed by atoms with Crippen molar-refractivity contribution in [2.75, 3.05) is 5.73 Å². The molecule has 1 saturated heterocycles. The van der Waals surface area contributed by atoms with Gasteiger partial charge >= 0.3 is 0 Å². The van der Waals surface area contributed by atoms with Gasteiger partial charge in [0.05, 0.1) is 5.41 Å². The van der Waals surface area contributed by atoms with E-state index in [2.05, 4.69) is 5.32 Å². The molecule has 1 aliphatic rings. The van der Waals surface area contributed by atoms with E-state index >= 15 is 0 Å². The monoisotopic (exact) mass is 232 g/mol. The zero-order valence-electron chi connectivity index (χ0n) is 9.82. The van der Waals surface area contributed by atoms with E-state index in [1.807, 2.05) is 25.1 Å². The van der Waals surface area contributed by atoms with Crippen LogP contribution in [0.15, 0.2) is 24.3 Å². The number of imide groups is 1. The Balaban J connectivity index is 2.44. The van der Waals surface area contributed by atoms with Crippen LogP contribution < -0.4 is 11.1 Å². The molecule has 4 heteroatoms. The van der Waals surface area contributed by atoms with Crippen molar-refractivity contribution in [2.45, 2.75) is 31.6 Å². The third kappa shape index (κ3) is 1.90. The molecular weight excluding hydrogens is 216 g/mol. The minimum atomic E-state index is -0.608. The first-order valence-corrected chi connectivity index (χ1v) is 5.79. The zero-order valence-corrected chi connectivity index (χ0v) is 9.82. The van der Waals surface area contributed by atoms with Crippen molar-refractivity contribution in [3.8, 4) is 0 Å². The fraction of sp³-hybridized carbons (Fsp3) is 0.385. The largest absolute Gasteiger partial charge is 0.399 e. The van der Waals surface area contributed by atoms with E-state index in [9.17, 15) is 9.59 Å². The van der Waals surface area contributed by atoms with Crippen LogP contribution in [-0.2, 0) is 15.0 Å². The lowest BCUT2D eigenvalue weighted by Crippen LogP contribution is -2.51. The van der Waals surface area contributed by atoms with E-state index in [1.165, 1.54) is 0 Å². The topological polar surface area (TPSA) is 72.2 Å². The van der Waals surface area contributed by atoms with Crippen molar-refractivity contribution in [1.82, 2.24) is 5.32 Å². The van der Waals surface area contributed by atoms with Crippen molar-refractivity contribution in [1.29, 1.82) is 0 Å². The molecule has 2 amide bonds. The summed E-state index contributed by atoms with van der Waals surface area (Å²) >= 11 is 0. The minimum Gasteiger partial charge on any atom is -0.399 e. The second-order valence-corrected chi connectivity index (χ2v) is 4.44. The third-order valence-corrected chi connectivity index (χ3v) is 3.51. The van der Waals surface area contributed by atoms with Gasteiger partial charge in [0, 0.05) is 12.1 Å². The standard InChI is InChI=1S/C13H16N2O2/c1-2-13(7-6-11(16)15-12(13)17)9-4-3-5-10(14)8-9/h3-5,8H,2,6-7,14H2,1H3,(H,15,16,17)/t13-/m0/s1.